The summed E-state index contributed by atoms with van der Waals surface area (Å²) < 4.78 is 1.30. The number of nitrogens with zero attached hydrogens (tertiary/aromatic N) is 2. The zero-order chi connectivity index (χ0) is 13.9. The summed E-state index contributed by atoms with van der Waals surface area (Å²) in [4.78, 5) is 8.69. The van der Waals surface area contributed by atoms with Crippen LogP contribution in [0.2, 0.25) is 0 Å². The molecule has 4 nitrogen and oxygen atoms in total. The lowest BCUT2D eigenvalue weighted by Crippen LogP contribution is -2.30. The normalized spacial score (nSPS) is 12.7. The fraction of sp³-hybridized carbons (Fsp3) is 0.200. The standard InChI is InChI=1S/C15H16N4S/c1-10-7-18-14(8-17-10)13(19-16)6-11-9-20-15-5-3-2-4-12(11)15/h2-5,7-9,13,19H,6,16H2,1H3. The van der Waals surface area contributed by atoms with Crippen molar-refractivity contribution in [2.24, 2.45) is 5.84 Å². The number of hydrogen-bond acceptors (Lipinski definition) is 5. The number of nitrogens with two attached hydrogens (primary N) is 1. The second-order valence-corrected chi connectivity index (χ2v) is 5.67. The number of nitrogens with one attached hydrogen (secondary N) is 1. The van der Waals surface area contributed by atoms with Crippen molar-refractivity contribution in [2.75, 3.05) is 0 Å². The molecule has 20 heavy (non-hydrogen) atoms. The van der Waals surface area contributed by atoms with Crippen LogP contribution in [0.1, 0.15) is 23.0 Å². The topological polar surface area (TPSA) is 63.8 Å². The Balaban J connectivity index is 1.89. The third-order valence-corrected chi connectivity index (χ3v) is 4.36. The molecule has 0 amide bonds. The second-order valence-electron chi connectivity index (χ2n) is 4.76. The van der Waals surface area contributed by atoms with Gasteiger partial charge in [0.15, 0.2) is 0 Å². The highest BCUT2D eigenvalue weighted by atomic mass is 32.1. The zero-order valence-electron chi connectivity index (χ0n) is 11.2. The van der Waals surface area contributed by atoms with Gasteiger partial charge in [0.05, 0.1) is 23.6 Å². The van der Waals surface area contributed by atoms with Gasteiger partial charge in [-0.3, -0.25) is 21.2 Å². The number of aryl methyl sites for hydroxylation is 1. The Kier molecular flexibility index (Phi) is 3.73. The van der Waals surface area contributed by atoms with Crippen LogP contribution in [0, 0.1) is 6.92 Å². The van der Waals surface area contributed by atoms with Gasteiger partial charge < -0.3 is 0 Å². The van der Waals surface area contributed by atoms with Gasteiger partial charge in [-0.15, -0.1) is 11.3 Å². The van der Waals surface area contributed by atoms with Gasteiger partial charge in [-0.2, -0.15) is 0 Å². The third kappa shape index (κ3) is 2.56. The minimum atomic E-state index is -0.0268. The smallest absolute Gasteiger partial charge is 0.0773 e. The highest BCUT2D eigenvalue weighted by molar-refractivity contribution is 7.17. The molecule has 2 aromatic heterocycles. The first-order chi connectivity index (χ1) is 9.78. The van der Waals surface area contributed by atoms with E-state index in [0.717, 1.165) is 17.8 Å². The van der Waals surface area contributed by atoms with Crippen molar-refractivity contribution in [2.45, 2.75) is 19.4 Å². The lowest BCUT2D eigenvalue weighted by molar-refractivity contribution is 0.537. The summed E-state index contributed by atoms with van der Waals surface area (Å²) in [6, 6.07) is 8.39. The van der Waals surface area contributed by atoms with Crippen LogP contribution in [0.25, 0.3) is 10.1 Å². The number of thiophene rings is 1. The van der Waals surface area contributed by atoms with Crippen molar-refractivity contribution in [3.63, 3.8) is 0 Å². The van der Waals surface area contributed by atoms with Crippen LogP contribution < -0.4 is 11.3 Å². The van der Waals surface area contributed by atoms with Gasteiger partial charge in [-0.1, -0.05) is 18.2 Å². The monoisotopic (exact) mass is 284 g/mol. The first-order valence-electron chi connectivity index (χ1n) is 6.47. The molecule has 0 saturated carbocycles. The minimum Gasteiger partial charge on any atom is -0.271 e. The summed E-state index contributed by atoms with van der Waals surface area (Å²) in [7, 11) is 0. The van der Waals surface area contributed by atoms with E-state index in [2.05, 4.69) is 45.0 Å². The van der Waals surface area contributed by atoms with Gasteiger partial charge in [0.25, 0.3) is 0 Å². The average molecular weight is 284 g/mol. The van der Waals surface area contributed by atoms with E-state index in [-0.39, 0.29) is 6.04 Å². The molecule has 0 aliphatic heterocycles. The lowest BCUT2D eigenvalue weighted by atomic mass is 10.0. The average Bonchev–Trinajstić information content (AvgIpc) is 2.89. The maximum absolute atomic E-state index is 5.69. The van der Waals surface area contributed by atoms with Crippen LogP contribution in [0.15, 0.2) is 42.0 Å². The Morgan fingerprint density at radius 2 is 2.10 bits per heavy atom. The van der Waals surface area contributed by atoms with Crippen molar-refractivity contribution in [1.82, 2.24) is 15.4 Å². The number of hydrogen-bond donors (Lipinski definition) is 2. The van der Waals surface area contributed by atoms with E-state index >= 15 is 0 Å². The number of aromatic nitrogens is 2. The minimum absolute atomic E-state index is 0.0268. The highest BCUT2D eigenvalue weighted by Crippen LogP contribution is 2.28. The van der Waals surface area contributed by atoms with Crippen LogP contribution in [-0.2, 0) is 6.42 Å². The van der Waals surface area contributed by atoms with Gasteiger partial charge in [0.2, 0.25) is 0 Å². The largest absolute Gasteiger partial charge is 0.271 e. The zero-order valence-corrected chi connectivity index (χ0v) is 12.0. The van der Waals surface area contributed by atoms with E-state index in [9.17, 15) is 0 Å². The predicted molar refractivity (Wildman–Crippen MR) is 82.4 cm³/mol. The molecule has 1 aromatic carbocycles. The van der Waals surface area contributed by atoms with E-state index in [1.165, 1.54) is 15.6 Å². The number of fused-ring (bicyclic) bond motifs is 1. The molecule has 2 heterocycles. The maximum atomic E-state index is 5.69. The number of benzene rings is 1. The van der Waals surface area contributed by atoms with Crippen LogP contribution in [0.4, 0.5) is 0 Å². The Hall–Kier alpha value is -1.82. The van der Waals surface area contributed by atoms with E-state index in [1.54, 1.807) is 23.7 Å². The fourth-order valence-corrected chi connectivity index (χ4v) is 3.22. The van der Waals surface area contributed by atoms with Crippen molar-refractivity contribution in [1.29, 1.82) is 0 Å². The van der Waals surface area contributed by atoms with E-state index in [4.69, 9.17) is 5.84 Å². The van der Waals surface area contributed by atoms with Crippen molar-refractivity contribution >= 4 is 21.4 Å². The van der Waals surface area contributed by atoms with Crippen molar-refractivity contribution in [3.05, 3.63) is 59.0 Å². The molecular formula is C15H16N4S. The highest BCUT2D eigenvalue weighted by Gasteiger charge is 2.14. The SMILES string of the molecule is Cc1cnc(C(Cc2csc3ccccc23)NN)cn1. The summed E-state index contributed by atoms with van der Waals surface area (Å²) in [6.45, 7) is 1.92. The molecule has 1 atom stereocenters. The first kappa shape index (κ1) is 13.2. The van der Waals surface area contributed by atoms with Crippen LogP contribution in [-0.4, -0.2) is 9.97 Å². The second kappa shape index (κ2) is 5.66. The van der Waals surface area contributed by atoms with Crippen LogP contribution in [0.3, 0.4) is 0 Å². The molecule has 3 N–H and O–H groups in total. The molecule has 0 fully saturated rings. The Morgan fingerprint density at radius 1 is 1.25 bits per heavy atom. The van der Waals surface area contributed by atoms with Gasteiger partial charge in [0.1, 0.15) is 0 Å². The number of rotatable bonds is 4. The van der Waals surface area contributed by atoms with Crippen LogP contribution >= 0.6 is 11.3 Å². The molecule has 102 valence electrons. The molecule has 0 bridgehead atoms. The first-order valence-corrected chi connectivity index (χ1v) is 7.35. The lowest BCUT2D eigenvalue weighted by Gasteiger charge is -2.14. The Morgan fingerprint density at radius 3 is 2.85 bits per heavy atom. The van der Waals surface area contributed by atoms with Gasteiger partial charge in [-0.25, -0.2) is 0 Å². The molecule has 3 aromatic rings. The van der Waals surface area contributed by atoms with Gasteiger partial charge in [-0.05, 0) is 35.7 Å². The summed E-state index contributed by atoms with van der Waals surface area (Å²) in [5.41, 5.74) is 5.91. The fourth-order valence-electron chi connectivity index (χ4n) is 2.24. The summed E-state index contributed by atoms with van der Waals surface area (Å²) in [5.74, 6) is 5.69. The predicted octanol–water partition coefficient (Wildman–Crippen LogP) is 2.75. The number of hydrazine groups is 1. The molecule has 3 rings (SSSR count). The summed E-state index contributed by atoms with van der Waals surface area (Å²) >= 11 is 1.76. The Labute approximate surface area is 121 Å². The summed E-state index contributed by atoms with van der Waals surface area (Å²) in [6.07, 6.45) is 4.36. The van der Waals surface area contributed by atoms with Gasteiger partial charge in [0, 0.05) is 10.9 Å². The van der Waals surface area contributed by atoms with E-state index in [1.807, 2.05) is 6.92 Å². The van der Waals surface area contributed by atoms with Crippen molar-refractivity contribution < 1.29 is 0 Å². The maximum Gasteiger partial charge on any atom is 0.0773 e. The Bertz CT molecular complexity index is 705. The molecular weight excluding hydrogens is 268 g/mol. The molecule has 0 radical (unpaired) electrons. The molecule has 0 aliphatic rings. The third-order valence-electron chi connectivity index (χ3n) is 3.34. The quantitative estimate of drug-likeness (QED) is 0.571. The summed E-state index contributed by atoms with van der Waals surface area (Å²) in [5, 5.41) is 3.48. The molecule has 5 heteroatoms. The molecule has 1 unspecified atom stereocenters. The molecule has 0 spiro atoms. The van der Waals surface area contributed by atoms with E-state index < -0.39 is 0 Å². The van der Waals surface area contributed by atoms with Gasteiger partial charge >= 0.3 is 0 Å². The van der Waals surface area contributed by atoms with Crippen molar-refractivity contribution in [3.8, 4) is 0 Å². The van der Waals surface area contributed by atoms with E-state index in [0.29, 0.717) is 0 Å². The molecule has 0 saturated heterocycles. The van der Waals surface area contributed by atoms with Crippen LogP contribution in [0.5, 0.6) is 0 Å². The molecule has 0 aliphatic carbocycles.